The van der Waals surface area contributed by atoms with Crippen molar-refractivity contribution >= 4 is 11.7 Å². The Bertz CT molecular complexity index is 704. The Morgan fingerprint density at radius 1 is 1.32 bits per heavy atom. The number of nitrogens with one attached hydrogen (secondary N) is 1. The molecule has 0 spiro atoms. The third-order valence-electron chi connectivity index (χ3n) is 4.79. The van der Waals surface area contributed by atoms with E-state index in [-0.39, 0.29) is 17.9 Å². The lowest BCUT2D eigenvalue weighted by molar-refractivity contribution is -0.125. The summed E-state index contributed by atoms with van der Waals surface area (Å²) in [4.78, 5) is 23.8. The Balaban J connectivity index is 1.72. The van der Waals surface area contributed by atoms with Crippen LogP contribution >= 0.6 is 0 Å². The second-order valence-corrected chi connectivity index (χ2v) is 6.71. The van der Waals surface area contributed by atoms with E-state index in [0.717, 1.165) is 43.0 Å². The zero-order valence-electron chi connectivity index (χ0n) is 15.0. The van der Waals surface area contributed by atoms with Crippen LogP contribution in [0.5, 0.6) is 0 Å². The van der Waals surface area contributed by atoms with Crippen molar-refractivity contribution < 1.29 is 4.79 Å². The minimum atomic E-state index is 0.0258. The topological polar surface area (TPSA) is 58.1 Å². The molecule has 1 N–H and O–H groups in total. The Kier molecular flexibility index (Phi) is 5.64. The van der Waals surface area contributed by atoms with Gasteiger partial charge in [-0.25, -0.2) is 9.97 Å². The van der Waals surface area contributed by atoms with Crippen molar-refractivity contribution in [3.05, 3.63) is 42.6 Å². The Morgan fingerprint density at radius 2 is 2.12 bits per heavy atom. The van der Waals surface area contributed by atoms with Crippen LogP contribution < -0.4 is 10.2 Å². The summed E-state index contributed by atoms with van der Waals surface area (Å²) in [6, 6.07) is 12.1. The number of rotatable bonds is 5. The molecule has 25 heavy (non-hydrogen) atoms. The van der Waals surface area contributed by atoms with Gasteiger partial charge in [-0.1, -0.05) is 37.3 Å². The largest absolute Gasteiger partial charge is 0.356 e. The van der Waals surface area contributed by atoms with E-state index in [1.165, 1.54) is 0 Å². The number of aromatic nitrogens is 2. The molecule has 5 heteroatoms. The Labute approximate surface area is 149 Å². The lowest BCUT2D eigenvalue weighted by atomic mass is 9.96. The fourth-order valence-corrected chi connectivity index (χ4v) is 3.11. The first kappa shape index (κ1) is 17.4. The van der Waals surface area contributed by atoms with E-state index in [1.54, 1.807) is 6.20 Å². The minimum Gasteiger partial charge on any atom is -0.356 e. The van der Waals surface area contributed by atoms with Crippen molar-refractivity contribution in [2.24, 2.45) is 5.92 Å². The van der Waals surface area contributed by atoms with Gasteiger partial charge in [0, 0.05) is 30.9 Å². The van der Waals surface area contributed by atoms with Gasteiger partial charge in [-0.2, -0.15) is 0 Å². The van der Waals surface area contributed by atoms with Gasteiger partial charge in [0.25, 0.3) is 0 Å². The summed E-state index contributed by atoms with van der Waals surface area (Å²) in [5.74, 6) is 1.81. The van der Waals surface area contributed by atoms with Gasteiger partial charge in [0.05, 0.1) is 5.92 Å². The zero-order chi connectivity index (χ0) is 17.6. The molecule has 3 rings (SSSR count). The molecule has 2 aromatic rings. The molecule has 1 aromatic heterocycles. The first-order valence-corrected chi connectivity index (χ1v) is 9.11. The molecular weight excluding hydrogens is 312 g/mol. The number of benzene rings is 1. The molecule has 1 aliphatic rings. The molecule has 2 heterocycles. The van der Waals surface area contributed by atoms with Crippen LogP contribution in [0.1, 0.15) is 33.1 Å². The van der Waals surface area contributed by atoms with E-state index in [1.807, 2.05) is 36.4 Å². The molecule has 2 atom stereocenters. The first-order chi connectivity index (χ1) is 12.2. The second-order valence-electron chi connectivity index (χ2n) is 6.71. The highest BCUT2D eigenvalue weighted by atomic mass is 16.2. The Morgan fingerprint density at radius 3 is 2.88 bits per heavy atom. The fraction of sp³-hybridized carbons (Fsp3) is 0.450. The highest BCUT2D eigenvalue weighted by Gasteiger charge is 2.27. The maximum Gasteiger partial charge on any atom is 0.225 e. The van der Waals surface area contributed by atoms with Gasteiger partial charge in [0.2, 0.25) is 5.91 Å². The molecule has 1 amide bonds. The average Bonchev–Trinajstić information content (AvgIpc) is 2.68. The molecule has 2 unspecified atom stereocenters. The van der Waals surface area contributed by atoms with Gasteiger partial charge >= 0.3 is 0 Å². The van der Waals surface area contributed by atoms with Crippen LogP contribution in [0.3, 0.4) is 0 Å². The summed E-state index contributed by atoms with van der Waals surface area (Å²) in [5.41, 5.74) is 1.01. The highest BCUT2D eigenvalue weighted by molar-refractivity contribution is 5.79. The highest BCUT2D eigenvalue weighted by Crippen LogP contribution is 2.24. The SMILES string of the molecule is CCC(C)NC(=O)C1CCCN(c2ccnc(-c3ccccc3)n2)C1. The predicted molar refractivity (Wildman–Crippen MR) is 100 cm³/mol. The number of nitrogens with zero attached hydrogens (tertiary/aromatic N) is 3. The van der Waals surface area contributed by atoms with E-state index >= 15 is 0 Å². The monoisotopic (exact) mass is 338 g/mol. The van der Waals surface area contributed by atoms with Crippen molar-refractivity contribution in [3.8, 4) is 11.4 Å². The number of carbonyl (C=O) groups excluding carboxylic acids is 1. The molecule has 5 nitrogen and oxygen atoms in total. The summed E-state index contributed by atoms with van der Waals surface area (Å²) in [6.45, 7) is 5.78. The molecule has 1 fully saturated rings. The van der Waals surface area contributed by atoms with Gasteiger partial charge in [-0.15, -0.1) is 0 Å². The Hall–Kier alpha value is -2.43. The minimum absolute atomic E-state index is 0.0258. The summed E-state index contributed by atoms with van der Waals surface area (Å²) in [7, 11) is 0. The van der Waals surface area contributed by atoms with Crippen LogP contribution in [0.4, 0.5) is 5.82 Å². The summed E-state index contributed by atoms with van der Waals surface area (Å²) in [6.07, 6.45) is 4.70. The van der Waals surface area contributed by atoms with Gasteiger partial charge in [-0.3, -0.25) is 4.79 Å². The number of piperidine rings is 1. The third kappa shape index (κ3) is 4.35. The number of hydrogen-bond acceptors (Lipinski definition) is 4. The van der Waals surface area contributed by atoms with Crippen molar-refractivity contribution in [2.75, 3.05) is 18.0 Å². The van der Waals surface area contributed by atoms with Gasteiger partial charge in [0.15, 0.2) is 5.82 Å². The summed E-state index contributed by atoms with van der Waals surface area (Å²) < 4.78 is 0. The van der Waals surface area contributed by atoms with Crippen molar-refractivity contribution in [2.45, 2.75) is 39.2 Å². The van der Waals surface area contributed by atoms with Crippen LogP contribution in [-0.4, -0.2) is 35.0 Å². The van der Waals surface area contributed by atoms with Crippen molar-refractivity contribution in [3.63, 3.8) is 0 Å². The van der Waals surface area contributed by atoms with Crippen LogP contribution in [0.15, 0.2) is 42.6 Å². The molecular formula is C20H26N4O. The zero-order valence-corrected chi connectivity index (χ0v) is 15.0. The fourth-order valence-electron chi connectivity index (χ4n) is 3.11. The first-order valence-electron chi connectivity index (χ1n) is 9.11. The van der Waals surface area contributed by atoms with E-state index in [9.17, 15) is 4.79 Å². The molecule has 1 aromatic carbocycles. The second kappa shape index (κ2) is 8.10. The molecule has 132 valence electrons. The number of carbonyl (C=O) groups is 1. The van der Waals surface area contributed by atoms with E-state index in [0.29, 0.717) is 6.54 Å². The lowest BCUT2D eigenvalue weighted by Gasteiger charge is -2.33. The van der Waals surface area contributed by atoms with Crippen LogP contribution in [0.25, 0.3) is 11.4 Å². The molecule has 1 aliphatic heterocycles. The predicted octanol–water partition coefficient (Wildman–Crippen LogP) is 3.27. The van der Waals surface area contributed by atoms with Gasteiger partial charge in [-0.05, 0) is 32.3 Å². The van der Waals surface area contributed by atoms with E-state index in [4.69, 9.17) is 4.98 Å². The van der Waals surface area contributed by atoms with E-state index < -0.39 is 0 Å². The molecule has 0 bridgehead atoms. The molecule has 0 aliphatic carbocycles. The normalized spacial score (nSPS) is 18.6. The maximum absolute atomic E-state index is 12.5. The lowest BCUT2D eigenvalue weighted by Crippen LogP contribution is -2.45. The van der Waals surface area contributed by atoms with Crippen LogP contribution in [0.2, 0.25) is 0 Å². The standard InChI is InChI=1S/C20H26N4O/c1-3-15(2)22-20(25)17-10-7-13-24(14-17)18-11-12-21-19(23-18)16-8-5-4-6-9-16/h4-6,8-9,11-12,15,17H,3,7,10,13-14H2,1-2H3,(H,22,25). The number of hydrogen-bond donors (Lipinski definition) is 1. The maximum atomic E-state index is 12.5. The molecule has 0 saturated carbocycles. The molecule has 1 saturated heterocycles. The van der Waals surface area contributed by atoms with Crippen LogP contribution in [0, 0.1) is 5.92 Å². The number of anilines is 1. The van der Waals surface area contributed by atoms with Gasteiger partial charge < -0.3 is 10.2 Å². The molecule has 0 radical (unpaired) electrons. The van der Waals surface area contributed by atoms with Crippen molar-refractivity contribution in [1.29, 1.82) is 0 Å². The van der Waals surface area contributed by atoms with Gasteiger partial charge in [0.1, 0.15) is 5.82 Å². The summed E-state index contributed by atoms with van der Waals surface area (Å²) in [5, 5.41) is 3.11. The quantitative estimate of drug-likeness (QED) is 0.909. The summed E-state index contributed by atoms with van der Waals surface area (Å²) >= 11 is 0. The van der Waals surface area contributed by atoms with Crippen molar-refractivity contribution in [1.82, 2.24) is 15.3 Å². The van der Waals surface area contributed by atoms with Crippen LogP contribution in [-0.2, 0) is 4.79 Å². The number of amides is 1. The third-order valence-corrected chi connectivity index (χ3v) is 4.79. The smallest absolute Gasteiger partial charge is 0.225 e. The van der Waals surface area contributed by atoms with E-state index in [2.05, 4.69) is 29.0 Å². The average molecular weight is 338 g/mol.